The standard InChI is InChI=1S/C11H14Cl2N2O3/c1-17-5-6-18-7-14-11(16)15-10-8(12)3-2-4-9(10)13/h2-4H,5-7H2,1H3,(H2,14,15,16). The van der Waals surface area contributed by atoms with Crippen molar-refractivity contribution in [2.24, 2.45) is 0 Å². The molecule has 0 atom stereocenters. The average Bonchev–Trinajstić information content (AvgIpc) is 2.34. The summed E-state index contributed by atoms with van der Waals surface area (Å²) in [5, 5.41) is 5.79. The predicted molar refractivity (Wildman–Crippen MR) is 71.3 cm³/mol. The van der Waals surface area contributed by atoms with E-state index < -0.39 is 6.03 Å². The number of hydrogen-bond donors (Lipinski definition) is 2. The van der Waals surface area contributed by atoms with Gasteiger partial charge in [0.2, 0.25) is 0 Å². The number of nitrogens with one attached hydrogen (secondary N) is 2. The van der Waals surface area contributed by atoms with E-state index in [-0.39, 0.29) is 6.73 Å². The number of para-hydroxylation sites is 1. The Kier molecular flexibility index (Phi) is 6.82. The van der Waals surface area contributed by atoms with E-state index >= 15 is 0 Å². The zero-order valence-electron chi connectivity index (χ0n) is 9.83. The fraction of sp³-hybridized carbons (Fsp3) is 0.364. The number of anilines is 1. The summed E-state index contributed by atoms with van der Waals surface area (Å²) in [6.45, 7) is 0.959. The van der Waals surface area contributed by atoms with E-state index in [1.807, 2.05) is 0 Å². The molecule has 18 heavy (non-hydrogen) atoms. The molecule has 1 aromatic carbocycles. The van der Waals surface area contributed by atoms with Crippen LogP contribution < -0.4 is 10.6 Å². The molecule has 5 nitrogen and oxygen atoms in total. The number of urea groups is 1. The second-order valence-corrected chi connectivity index (χ2v) is 4.09. The fourth-order valence-corrected chi connectivity index (χ4v) is 1.60. The molecule has 0 bridgehead atoms. The van der Waals surface area contributed by atoms with E-state index in [1.165, 1.54) is 0 Å². The molecule has 0 heterocycles. The molecule has 1 aromatic rings. The van der Waals surface area contributed by atoms with E-state index in [0.29, 0.717) is 28.9 Å². The molecular formula is C11H14Cl2N2O3. The molecule has 0 aliphatic heterocycles. The Hall–Kier alpha value is -1.01. The van der Waals surface area contributed by atoms with Crippen LogP contribution in [0.1, 0.15) is 0 Å². The van der Waals surface area contributed by atoms with Crippen LogP contribution in [0.15, 0.2) is 18.2 Å². The SMILES string of the molecule is COCCOCNC(=O)Nc1c(Cl)cccc1Cl. The van der Waals surface area contributed by atoms with Crippen molar-refractivity contribution in [2.75, 3.05) is 32.4 Å². The van der Waals surface area contributed by atoms with Crippen molar-refractivity contribution in [1.82, 2.24) is 5.32 Å². The van der Waals surface area contributed by atoms with Gasteiger partial charge in [-0.2, -0.15) is 0 Å². The molecule has 0 radical (unpaired) electrons. The van der Waals surface area contributed by atoms with Crippen LogP contribution in [-0.2, 0) is 9.47 Å². The van der Waals surface area contributed by atoms with Gasteiger partial charge >= 0.3 is 6.03 Å². The third-order valence-electron chi connectivity index (χ3n) is 1.97. The van der Waals surface area contributed by atoms with Crippen molar-refractivity contribution in [2.45, 2.75) is 0 Å². The number of halogens is 2. The molecule has 2 amide bonds. The lowest BCUT2D eigenvalue weighted by atomic mass is 10.3. The van der Waals surface area contributed by atoms with E-state index in [1.54, 1.807) is 25.3 Å². The van der Waals surface area contributed by atoms with Gasteiger partial charge in [0.1, 0.15) is 6.73 Å². The summed E-state index contributed by atoms with van der Waals surface area (Å²) in [6.07, 6.45) is 0. The summed E-state index contributed by atoms with van der Waals surface area (Å²) in [6, 6.07) is 4.53. The van der Waals surface area contributed by atoms with Gasteiger partial charge in [0, 0.05) is 7.11 Å². The van der Waals surface area contributed by atoms with Gasteiger partial charge in [0.25, 0.3) is 0 Å². The summed E-state index contributed by atoms with van der Waals surface area (Å²) in [7, 11) is 1.57. The Bertz CT molecular complexity index is 382. The van der Waals surface area contributed by atoms with Gasteiger partial charge in [0.05, 0.1) is 28.9 Å². The monoisotopic (exact) mass is 292 g/mol. The van der Waals surface area contributed by atoms with Crippen molar-refractivity contribution in [3.63, 3.8) is 0 Å². The predicted octanol–water partition coefficient (Wildman–Crippen LogP) is 2.74. The Morgan fingerprint density at radius 2 is 1.94 bits per heavy atom. The van der Waals surface area contributed by atoms with Gasteiger partial charge in [-0.15, -0.1) is 0 Å². The van der Waals surface area contributed by atoms with E-state index in [9.17, 15) is 4.79 Å². The first-order valence-electron chi connectivity index (χ1n) is 5.20. The highest BCUT2D eigenvalue weighted by Gasteiger charge is 2.08. The minimum absolute atomic E-state index is 0.0806. The minimum Gasteiger partial charge on any atom is -0.382 e. The third-order valence-corrected chi connectivity index (χ3v) is 2.60. The van der Waals surface area contributed by atoms with Crippen LogP contribution in [0.3, 0.4) is 0 Å². The molecule has 0 fully saturated rings. The number of benzene rings is 1. The molecule has 0 aromatic heterocycles. The maximum Gasteiger partial charge on any atom is 0.321 e. The van der Waals surface area contributed by atoms with Gasteiger partial charge in [-0.25, -0.2) is 4.79 Å². The molecule has 2 N–H and O–H groups in total. The van der Waals surface area contributed by atoms with Crippen molar-refractivity contribution >= 4 is 34.9 Å². The molecule has 0 saturated carbocycles. The van der Waals surface area contributed by atoms with Gasteiger partial charge in [-0.1, -0.05) is 29.3 Å². The zero-order chi connectivity index (χ0) is 13.4. The minimum atomic E-state index is -0.442. The lowest BCUT2D eigenvalue weighted by molar-refractivity contribution is 0.0650. The first-order chi connectivity index (χ1) is 8.65. The lowest BCUT2D eigenvalue weighted by Crippen LogP contribution is -2.31. The Morgan fingerprint density at radius 1 is 1.28 bits per heavy atom. The number of rotatable bonds is 6. The molecule has 7 heteroatoms. The van der Waals surface area contributed by atoms with Crippen LogP contribution in [0.5, 0.6) is 0 Å². The normalized spacial score (nSPS) is 10.2. The summed E-state index contributed by atoms with van der Waals surface area (Å²) >= 11 is 11.8. The second-order valence-electron chi connectivity index (χ2n) is 3.27. The van der Waals surface area contributed by atoms with Gasteiger partial charge in [-0.3, -0.25) is 0 Å². The number of hydrogen-bond acceptors (Lipinski definition) is 3. The molecule has 0 aliphatic rings. The van der Waals surface area contributed by atoms with Gasteiger partial charge in [-0.05, 0) is 12.1 Å². The van der Waals surface area contributed by atoms with E-state index in [0.717, 1.165) is 0 Å². The smallest absolute Gasteiger partial charge is 0.321 e. The van der Waals surface area contributed by atoms with Gasteiger partial charge < -0.3 is 20.1 Å². The number of ether oxygens (including phenoxy) is 2. The Balaban J connectivity index is 2.36. The Labute approximate surface area is 115 Å². The number of amides is 2. The highest BCUT2D eigenvalue weighted by Crippen LogP contribution is 2.29. The number of methoxy groups -OCH3 is 1. The van der Waals surface area contributed by atoms with Crippen molar-refractivity contribution in [1.29, 1.82) is 0 Å². The highest BCUT2D eigenvalue weighted by atomic mass is 35.5. The lowest BCUT2D eigenvalue weighted by Gasteiger charge is -2.10. The number of carbonyl (C=O) groups is 1. The first kappa shape index (κ1) is 15.0. The molecule has 0 unspecified atom stereocenters. The third kappa shape index (κ3) is 5.10. The first-order valence-corrected chi connectivity index (χ1v) is 5.96. The molecule has 0 aliphatic carbocycles. The fourth-order valence-electron chi connectivity index (χ4n) is 1.11. The largest absolute Gasteiger partial charge is 0.382 e. The maximum atomic E-state index is 11.5. The topological polar surface area (TPSA) is 59.6 Å². The van der Waals surface area contributed by atoms with Crippen molar-refractivity contribution < 1.29 is 14.3 Å². The second kappa shape index (κ2) is 8.16. The maximum absolute atomic E-state index is 11.5. The van der Waals surface area contributed by atoms with Gasteiger partial charge in [0.15, 0.2) is 0 Å². The molecule has 0 saturated heterocycles. The summed E-state index contributed by atoms with van der Waals surface area (Å²) in [5.74, 6) is 0. The average molecular weight is 293 g/mol. The van der Waals surface area contributed by atoms with Crippen LogP contribution in [0.2, 0.25) is 10.0 Å². The quantitative estimate of drug-likeness (QED) is 0.626. The van der Waals surface area contributed by atoms with Crippen LogP contribution in [0, 0.1) is 0 Å². The van der Waals surface area contributed by atoms with E-state index in [2.05, 4.69) is 10.6 Å². The highest BCUT2D eigenvalue weighted by molar-refractivity contribution is 6.39. The van der Waals surface area contributed by atoms with Crippen LogP contribution >= 0.6 is 23.2 Å². The summed E-state index contributed by atoms with van der Waals surface area (Å²) in [5.41, 5.74) is 0.371. The zero-order valence-corrected chi connectivity index (χ0v) is 11.3. The van der Waals surface area contributed by atoms with E-state index in [4.69, 9.17) is 32.7 Å². The molecule has 1 rings (SSSR count). The van der Waals surface area contributed by atoms with Crippen LogP contribution in [-0.4, -0.2) is 33.1 Å². The van der Waals surface area contributed by atoms with Crippen LogP contribution in [0.4, 0.5) is 10.5 Å². The molecule has 100 valence electrons. The molecular weight excluding hydrogens is 279 g/mol. The Morgan fingerprint density at radius 3 is 2.56 bits per heavy atom. The van der Waals surface area contributed by atoms with Crippen molar-refractivity contribution in [3.8, 4) is 0 Å². The molecule has 0 spiro atoms. The number of carbonyl (C=O) groups excluding carboxylic acids is 1. The van der Waals surface area contributed by atoms with Crippen molar-refractivity contribution in [3.05, 3.63) is 28.2 Å². The summed E-state index contributed by atoms with van der Waals surface area (Å²) < 4.78 is 9.87. The van der Waals surface area contributed by atoms with Crippen LogP contribution in [0.25, 0.3) is 0 Å². The summed E-state index contributed by atoms with van der Waals surface area (Å²) in [4.78, 5) is 11.5.